The monoisotopic (exact) mass is 317 g/mol. The van der Waals surface area contributed by atoms with Crippen LogP contribution >= 0.6 is 11.3 Å². The molecule has 1 aliphatic rings. The van der Waals surface area contributed by atoms with Gasteiger partial charge in [-0.15, -0.1) is 11.3 Å². The number of rotatable bonds is 4. The fourth-order valence-electron chi connectivity index (χ4n) is 2.36. The van der Waals surface area contributed by atoms with E-state index < -0.39 is 5.97 Å². The van der Waals surface area contributed by atoms with Crippen LogP contribution in [0, 0.1) is 0 Å². The molecule has 5 nitrogen and oxygen atoms in total. The van der Waals surface area contributed by atoms with Gasteiger partial charge in [-0.25, -0.2) is 4.79 Å². The van der Waals surface area contributed by atoms with Crippen LogP contribution in [-0.2, 0) is 11.2 Å². The van der Waals surface area contributed by atoms with Crippen molar-refractivity contribution in [3.8, 4) is 0 Å². The summed E-state index contributed by atoms with van der Waals surface area (Å²) >= 11 is 1.38. The molecule has 1 N–H and O–H groups in total. The lowest BCUT2D eigenvalue weighted by Crippen LogP contribution is -2.15. The first kappa shape index (κ1) is 14.6. The Kier molecular flexibility index (Phi) is 4.11. The number of carbonyl (C=O) groups excluding carboxylic acids is 2. The highest BCUT2D eigenvalue weighted by Gasteiger charge is 2.26. The Morgan fingerprint density at radius 3 is 3.05 bits per heavy atom. The third-order valence-corrected chi connectivity index (χ3v) is 4.43. The molecule has 1 aliphatic carbocycles. The molecule has 0 aromatic carbocycles. The minimum Gasteiger partial charge on any atom is -0.462 e. The van der Waals surface area contributed by atoms with E-state index in [1.54, 1.807) is 19.1 Å². The van der Waals surface area contributed by atoms with E-state index >= 15 is 0 Å². The third-order valence-electron chi connectivity index (χ3n) is 3.32. The van der Waals surface area contributed by atoms with E-state index in [1.807, 2.05) is 6.08 Å². The van der Waals surface area contributed by atoms with Crippen molar-refractivity contribution in [3.63, 3.8) is 0 Å². The maximum atomic E-state index is 12.3. The second-order valence-electron chi connectivity index (χ2n) is 4.74. The van der Waals surface area contributed by atoms with E-state index in [2.05, 4.69) is 11.4 Å². The van der Waals surface area contributed by atoms with Gasteiger partial charge >= 0.3 is 5.97 Å². The number of furan rings is 1. The smallest absolute Gasteiger partial charge is 0.341 e. The molecule has 2 heterocycles. The molecule has 0 aliphatic heterocycles. The van der Waals surface area contributed by atoms with Crippen LogP contribution in [0.2, 0.25) is 0 Å². The van der Waals surface area contributed by atoms with Gasteiger partial charge in [-0.3, -0.25) is 4.79 Å². The Bertz CT molecular complexity index is 728. The Balaban J connectivity index is 1.96. The molecular formula is C16H15NO4S. The van der Waals surface area contributed by atoms with Crippen LogP contribution in [0.5, 0.6) is 0 Å². The number of esters is 1. The van der Waals surface area contributed by atoms with Crippen molar-refractivity contribution in [2.24, 2.45) is 0 Å². The number of fused-ring (bicyclic) bond motifs is 1. The van der Waals surface area contributed by atoms with E-state index in [-0.39, 0.29) is 11.7 Å². The van der Waals surface area contributed by atoms with Gasteiger partial charge in [0.25, 0.3) is 5.91 Å². The molecule has 0 saturated carbocycles. The summed E-state index contributed by atoms with van der Waals surface area (Å²) in [4.78, 5) is 25.4. The maximum absolute atomic E-state index is 12.3. The second kappa shape index (κ2) is 6.19. The fourth-order valence-corrected chi connectivity index (χ4v) is 3.53. The number of amides is 1. The molecule has 6 heteroatoms. The van der Waals surface area contributed by atoms with Crippen LogP contribution in [0.25, 0.3) is 6.08 Å². The van der Waals surface area contributed by atoms with Crippen LogP contribution in [0.15, 0.2) is 28.9 Å². The van der Waals surface area contributed by atoms with E-state index in [9.17, 15) is 9.59 Å². The third kappa shape index (κ3) is 2.69. The number of allylic oxidation sites excluding steroid dienone is 1. The maximum Gasteiger partial charge on any atom is 0.341 e. The molecule has 2 aromatic rings. The number of hydrogen-bond acceptors (Lipinski definition) is 5. The number of thiophene rings is 1. The van der Waals surface area contributed by atoms with Crippen molar-refractivity contribution < 1.29 is 18.7 Å². The summed E-state index contributed by atoms with van der Waals surface area (Å²) in [6, 6.07) is 3.22. The Hall–Kier alpha value is -2.34. The largest absolute Gasteiger partial charge is 0.462 e. The zero-order valence-corrected chi connectivity index (χ0v) is 12.9. The molecule has 0 spiro atoms. The van der Waals surface area contributed by atoms with Crippen molar-refractivity contribution in [2.45, 2.75) is 19.8 Å². The van der Waals surface area contributed by atoms with Gasteiger partial charge in [-0.2, -0.15) is 0 Å². The van der Waals surface area contributed by atoms with Crippen molar-refractivity contribution in [1.29, 1.82) is 0 Å². The van der Waals surface area contributed by atoms with Crippen LogP contribution in [-0.4, -0.2) is 18.5 Å². The molecule has 2 aromatic heterocycles. The number of hydrogen-bond donors (Lipinski definition) is 1. The molecule has 0 unspecified atom stereocenters. The Morgan fingerprint density at radius 2 is 2.32 bits per heavy atom. The van der Waals surface area contributed by atoms with E-state index in [1.165, 1.54) is 17.6 Å². The number of anilines is 1. The normalized spacial score (nSPS) is 12.8. The second-order valence-corrected chi connectivity index (χ2v) is 5.79. The minimum absolute atomic E-state index is 0.205. The lowest BCUT2D eigenvalue weighted by Gasteiger charge is -2.09. The van der Waals surface area contributed by atoms with Crippen LogP contribution in [0.1, 0.15) is 44.7 Å². The van der Waals surface area contributed by atoms with Gasteiger partial charge in [-0.1, -0.05) is 6.08 Å². The highest BCUT2D eigenvalue weighted by molar-refractivity contribution is 7.17. The highest BCUT2D eigenvalue weighted by atomic mass is 32.1. The van der Waals surface area contributed by atoms with Gasteiger partial charge in [0, 0.05) is 4.88 Å². The molecule has 0 saturated heterocycles. The summed E-state index contributed by atoms with van der Waals surface area (Å²) in [5.41, 5.74) is 1.41. The summed E-state index contributed by atoms with van der Waals surface area (Å²) in [7, 11) is 0. The zero-order valence-electron chi connectivity index (χ0n) is 12.0. The van der Waals surface area contributed by atoms with Gasteiger partial charge in [0.2, 0.25) is 0 Å². The molecule has 0 radical (unpaired) electrons. The van der Waals surface area contributed by atoms with Crippen molar-refractivity contribution in [1.82, 2.24) is 0 Å². The summed E-state index contributed by atoms with van der Waals surface area (Å²) in [6.07, 6.45) is 7.12. The summed E-state index contributed by atoms with van der Waals surface area (Å²) in [6.45, 7) is 2.06. The minimum atomic E-state index is -0.398. The standard InChI is InChI=1S/C16H15NO4S/c1-2-20-16(19)13-10-6-3-4-8-12(10)22-15(13)17-14(18)11-7-5-9-21-11/h4-5,7-9H,2-3,6H2,1H3,(H,17,18). The molecule has 0 atom stereocenters. The average molecular weight is 317 g/mol. The van der Waals surface area contributed by atoms with E-state index in [0.717, 1.165) is 23.3 Å². The SMILES string of the molecule is CCOC(=O)c1c(NC(=O)c2ccco2)sc2c1CCC=C2. The van der Waals surface area contributed by atoms with Gasteiger partial charge < -0.3 is 14.5 Å². The average Bonchev–Trinajstić information content (AvgIpc) is 3.14. The first-order valence-electron chi connectivity index (χ1n) is 7.05. The van der Waals surface area contributed by atoms with E-state index in [4.69, 9.17) is 9.15 Å². The predicted octanol–water partition coefficient (Wildman–Crippen LogP) is 3.73. The predicted molar refractivity (Wildman–Crippen MR) is 84.3 cm³/mol. The van der Waals surface area contributed by atoms with Crippen molar-refractivity contribution in [2.75, 3.05) is 11.9 Å². The molecular weight excluding hydrogens is 302 g/mol. The van der Waals surface area contributed by atoms with Crippen molar-refractivity contribution >= 4 is 34.3 Å². The first-order valence-corrected chi connectivity index (χ1v) is 7.86. The Morgan fingerprint density at radius 1 is 1.45 bits per heavy atom. The highest BCUT2D eigenvalue weighted by Crippen LogP contribution is 2.38. The number of carbonyl (C=O) groups is 2. The molecule has 114 valence electrons. The van der Waals surface area contributed by atoms with Crippen LogP contribution in [0.4, 0.5) is 5.00 Å². The van der Waals surface area contributed by atoms with Crippen LogP contribution < -0.4 is 5.32 Å². The van der Waals surface area contributed by atoms with E-state index in [0.29, 0.717) is 17.2 Å². The van der Waals surface area contributed by atoms with Crippen LogP contribution in [0.3, 0.4) is 0 Å². The summed E-state index contributed by atoms with van der Waals surface area (Å²) in [5.74, 6) is -0.570. The first-order chi connectivity index (χ1) is 10.7. The molecule has 22 heavy (non-hydrogen) atoms. The van der Waals surface area contributed by atoms with Crippen molar-refractivity contribution in [3.05, 3.63) is 46.2 Å². The van der Waals surface area contributed by atoms with Gasteiger partial charge in [-0.05, 0) is 43.5 Å². The Labute approximate surface area is 131 Å². The lowest BCUT2D eigenvalue weighted by atomic mass is 10.0. The van der Waals surface area contributed by atoms with Gasteiger partial charge in [0.15, 0.2) is 5.76 Å². The summed E-state index contributed by atoms with van der Waals surface area (Å²) in [5, 5.41) is 3.27. The fraction of sp³-hybridized carbons (Fsp3) is 0.250. The summed E-state index contributed by atoms with van der Waals surface area (Å²) < 4.78 is 10.2. The molecule has 0 fully saturated rings. The molecule has 0 bridgehead atoms. The molecule has 3 rings (SSSR count). The number of nitrogens with one attached hydrogen (secondary N) is 1. The molecule has 1 amide bonds. The van der Waals surface area contributed by atoms with Gasteiger partial charge in [0.1, 0.15) is 5.00 Å². The number of ether oxygens (including phenoxy) is 1. The lowest BCUT2D eigenvalue weighted by molar-refractivity contribution is 0.0527. The topological polar surface area (TPSA) is 68.5 Å². The van der Waals surface area contributed by atoms with Gasteiger partial charge in [0.05, 0.1) is 18.4 Å². The zero-order chi connectivity index (χ0) is 15.5. The quantitative estimate of drug-likeness (QED) is 0.872.